The van der Waals surface area contributed by atoms with Gasteiger partial charge in [0.2, 0.25) is 0 Å². The van der Waals surface area contributed by atoms with E-state index < -0.39 is 11.9 Å². The summed E-state index contributed by atoms with van der Waals surface area (Å²) < 4.78 is 7.42. The molecular formula is C13H21N3O3. The predicted octanol–water partition coefficient (Wildman–Crippen LogP) is 0.825. The van der Waals surface area contributed by atoms with Gasteiger partial charge in [0.05, 0.1) is 31.2 Å². The average molecular weight is 267 g/mol. The molecule has 2 heterocycles. The van der Waals surface area contributed by atoms with E-state index in [0.717, 1.165) is 18.7 Å². The summed E-state index contributed by atoms with van der Waals surface area (Å²) in [4.78, 5) is 17.4. The molecule has 2 atom stereocenters. The number of rotatable bonds is 6. The standard InChI is InChI=1S/C13H21N3O3/c1-3-4-16-9-14-5-10(16)6-15(2)12-8-19-7-11(12)13(17)18/h5,9,11-12H,3-4,6-8H2,1-2H3,(H,17,18). The minimum atomic E-state index is -0.781. The number of carboxylic acids is 1. The molecule has 0 amide bonds. The Morgan fingerprint density at radius 2 is 2.42 bits per heavy atom. The normalized spacial score (nSPS) is 23.1. The molecule has 106 valence electrons. The lowest BCUT2D eigenvalue weighted by Crippen LogP contribution is -2.40. The van der Waals surface area contributed by atoms with Crippen LogP contribution in [0.1, 0.15) is 19.0 Å². The van der Waals surface area contributed by atoms with Gasteiger partial charge in [0.15, 0.2) is 0 Å². The Balaban J connectivity index is 2.02. The maximum absolute atomic E-state index is 11.2. The first kappa shape index (κ1) is 14.0. The molecule has 6 heteroatoms. The molecule has 0 aliphatic carbocycles. The predicted molar refractivity (Wildman–Crippen MR) is 69.7 cm³/mol. The van der Waals surface area contributed by atoms with E-state index in [1.807, 2.05) is 19.6 Å². The molecule has 6 nitrogen and oxygen atoms in total. The van der Waals surface area contributed by atoms with Crippen LogP contribution >= 0.6 is 0 Å². The van der Waals surface area contributed by atoms with E-state index in [0.29, 0.717) is 19.8 Å². The van der Waals surface area contributed by atoms with E-state index in [9.17, 15) is 9.90 Å². The summed E-state index contributed by atoms with van der Waals surface area (Å²) in [5, 5.41) is 9.17. The fourth-order valence-corrected chi connectivity index (χ4v) is 2.51. The van der Waals surface area contributed by atoms with Crippen molar-refractivity contribution < 1.29 is 14.6 Å². The third-order valence-electron chi connectivity index (χ3n) is 3.61. The molecular weight excluding hydrogens is 246 g/mol. The number of ether oxygens (including phenoxy) is 1. The number of carbonyl (C=O) groups is 1. The smallest absolute Gasteiger partial charge is 0.310 e. The Morgan fingerprint density at radius 1 is 1.63 bits per heavy atom. The molecule has 2 unspecified atom stereocenters. The van der Waals surface area contributed by atoms with E-state index in [1.165, 1.54) is 0 Å². The summed E-state index contributed by atoms with van der Waals surface area (Å²) in [6, 6.07) is -0.0672. The summed E-state index contributed by atoms with van der Waals surface area (Å²) in [7, 11) is 1.94. The van der Waals surface area contributed by atoms with Gasteiger partial charge < -0.3 is 14.4 Å². The fourth-order valence-electron chi connectivity index (χ4n) is 2.51. The first-order chi connectivity index (χ1) is 9.13. The highest BCUT2D eigenvalue weighted by Gasteiger charge is 2.36. The van der Waals surface area contributed by atoms with Crippen LogP contribution in [0.25, 0.3) is 0 Å². The van der Waals surface area contributed by atoms with Crippen molar-refractivity contribution >= 4 is 5.97 Å². The van der Waals surface area contributed by atoms with E-state index in [2.05, 4.69) is 21.4 Å². The highest BCUT2D eigenvalue weighted by atomic mass is 16.5. The Hall–Kier alpha value is -1.40. The van der Waals surface area contributed by atoms with Crippen molar-refractivity contribution in [2.24, 2.45) is 5.92 Å². The highest BCUT2D eigenvalue weighted by Crippen LogP contribution is 2.20. The average Bonchev–Trinajstić information content (AvgIpc) is 2.98. The lowest BCUT2D eigenvalue weighted by Gasteiger charge is -2.26. The van der Waals surface area contributed by atoms with Gasteiger partial charge in [-0.1, -0.05) is 6.92 Å². The Kier molecular flexibility index (Phi) is 4.55. The topological polar surface area (TPSA) is 67.6 Å². The Labute approximate surface area is 113 Å². The Morgan fingerprint density at radius 3 is 3.11 bits per heavy atom. The van der Waals surface area contributed by atoms with Gasteiger partial charge in [0, 0.05) is 25.3 Å². The largest absolute Gasteiger partial charge is 0.481 e. The second kappa shape index (κ2) is 6.16. The number of nitrogens with zero attached hydrogens (tertiary/aromatic N) is 3. The van der Waals surface area contributed by atoms with Crippen LogP contribution in [0.4, 0.5) is 0 Å². The quantitative estimate of drug-likeness (QED) is 0.826. The van der Waals surface area contributed by atoms with Crippen LogP contribution in [0, 0.1) is 5.92 Å². The lowest BCUT2D eigenvalue weighted by atomic mass is 10.0. The number of hydrogen-bond acceptors (Lipinski definition) is 4. The third kappa shape index (κ3) is 3.13. The van der Waals surface area contributed by atoms with Crippen molar-refractivity contribution in [2.75, 3.05) is 20.3 Å². The van der Waals surface area contributed by atoms with Gasteiger partial charge >= 0.3 is 5.97 Å². The second-order valence-electron chi connectivity index (χ2n) is 5.04. The van der Waals surface area contributed by atoms with Crippen molar-refractivity contribution in [1.29, 1.82) is 0 Å². The number of likely N-dealkylation sites (N-methyl/N-ethyl adjacent to an activating group) is 1. The summed E-state index contributed by atoms with van der Waals surface area (Å²) in [5.41, 5.74) is 1.11. The lowest BCUT2D eigenvalue weighted by molar-refractivity contribution is -0.143. The molecule has 19 heavy (non-hydrogen) atoms. The molecule has 1 N–H and O–H groups in total. The van der Waals surface area contributed by atoms with Crippen LogP contribution in [0.15, 0.2) is 12.5 Å². The molecule has 0 aromatic carbocycles. The van der Waals surface area contributed by atoms with Gasteiger partial charge in [-0.05, 0) is 13.5 Å². The van der Waals surface area contributed by atoms with Crippen molar-refractivity contribution in [3.05, 3.63) is 18.2 Å². The molecule has 1 aliphatic heterocycles. The van der Waals surface area contributed by atoms with Crippen molar-refractivity contribution in [1.82, 2.24) is 14.5 Å². The second-order valence-corrected chi connectivity index (χ2v) is 5.04. The van der Waals surface area contributed by atoms with Crippen LogP contribution in [0.3, 0.4) is 0 Å². The zero-order chi connectivity index (χ0) is 13.8. The summed E-state index contributed by atoms with van der Waals surface area (Å²) in [5.74, 6) is -1.22. The molecule has 1 aliphatic rings. The SMILES string of the molecule is CCCn1cncc1CN(C)C1COCC1C(=O)O. The number of carboxylic acid groups (broad SMARTS) is 1. The molecule has 1 aromatic rings. The maximum Gasteiger partial charge on any atom is 0.310 e. The molecule has 1 saturated heterocycles. The van der Waals surface area contributed by atoms with E-state index in [-0.39, 0.29) is 6.04 Å². The Bertz CT molecular complexity index is 433. The highest BCUT2D eigenvalue weighted by molar-refractivity contribution is 5.71. The van der Waals surface area contributed by atoms with Crippen LogP contribution in [0.5, 0.6) is 0 Å². The van der Waals surface area contributed by atoms with Gasteiger partial charge in [-0.15, -0.1) is 0 Å². The summed E-state index contributed by atoms with van der Waals surface area (Å²) >= 11 is 0. The molecule has 0 saturated carbocycles. The molecule has 0 bridgehead atoms. The van der Waals surface area contributed by atoms with Gasteiger partial charge in [-0.3, -0.25) is 9.69 Å². The van der Waals surface area contributed by atoms with Crippen LogP contribution in [-0.2, 0) is 22.6 Å². The van der Waals surface area contributed by atoms with E-state index >= 15 is 0 Å². The van der Waals surface area contributed by atoms with E-state index in [4.69, 9.17) is 4.74 Å². The van der Waals surface area contributed by atoms with Gasteiger partial charge in [-0.2, -0.15) is 0 Å². The van der Waals surface area contributed by atoms with Crippen LogP contribution in [-0.4, -0.2) is 51.8 Å². The van der Waals surface area contributed by atoms with Crippen molar-refractivity contribution in [3.8, 4) is 0 Å². The number of aromatic nitrogens is 2. The monoisotopic (exact) mass is 267 g/mol. The first-order valence-electron chi connectivity index (χ1n) is 6.63. The summed E-state index contributed by atoms with van der Waals surface area (Å²) in [6.45, 7) is 4.54. The third-order valence-corrected chi connectivity index (χ3v) is 3.61. The zero-order valence-electron chi connectivity index (χ0n) is 11.5. The van der Waals surface area contributed by atoms with Crippen molar-refractivity contribution in [3.63, 3.8) is 0 Å². The number of imidazole rings is 1. The number of aliphatic carboxylic acids is 1. The number of aryl methyl sites for hydroxylation is 1. The number of hydrogen-bond donors (Lipinski definition) is 1. The molecule has 1 aromatic heterocycles. The van der Waals surface area contributed by atoms with Crippen LogP contribution in [0.2, 0.25) is 0 Å². The van der Waals surface area contributed by atoms with Gasteiger partial charge in [-0.25, -0.2) is 4.98 Å². The van der Waals surface area contributed by atoms with Gasteiger partial charge in [0.25, 0.3) is 0 Å². The molecule has 0 spiro atoms. The molecule has 2 rings (SSSR count). The minimum Gasteiger partial charge on any atom is -0.481 e. The fraction of sp³-hybridized carbons (Fsp3) is 0.692. The van der Waals surface area contributed by atoms with Crippen LogP contribution < -0.4 is 0 Å². The zero-order valence-corrected chi connectivity index (χ0v) is 11.5. The minimum absolute atomic E-state index is 0.0672. The molecule has 1 fully saturated rings. The van der Waals surface area contributed by atoms with Gasteiger partial charge in [0.1, 0.15) is 0 Å². The van der Waals surface area contributed by atoms with E-state index in [1.54, 1.807) is 0 Å². The van der Waals surface area contributed by atoms with Crippen molar-refractivity contribution in [2.45, 2.75) is 32.5 Å². The first-order valence-corrected chi connectivity index (χ1v) is 6.63. The maximum atomic E-state index is 11.2. The summed E-state index contributed by atoms with van der Waals surface area (Å²) in [6.07, 6.45) is 4.72. The molecule has 0 radical (unpaired) electrons.